The van der Waals surface area contributed by atoms with E-state index in [0.717, 1.165) is 75.2 Å². The molecule has 2 saturated heterocycles. The highest BCUT2D eigenvalue weighted by atomic mass is 19.4. The molecule has 0 radical (unpaired) electrons. The summed E-state index contributed by atoms with van der Waals surface area (Å²) in [5, 5.41) is 0. The molecule has 4 aromatic rings. The van der Waals surface area contributed by atoms with Crippen molar-refractivity contribution in [3.63, 3.8) is 0 Å². The molecular weight excluding hydrogens is 999 g/mol. The van der Waals surface area contributed by atoms with Gasteiger partial charge in [-0.05, 0) is 84.0 Å². The third-order valence-electron chi connectivity index (χ3n) is 15.5. The van der Waals surface area contributed by atoms with Crippen LogP contribution in [0, 0.1) is 23.7 Å². The number of methoxy groups -OCH3 is 6. The van der Waals surface area contributed by atoms with Gasteiger partial charge in [-0.2, -0.15) is 26.3 Å². The molecule has 18 heteroatoms. The van der Waals surface area contributed by atoms with E-state index < -0.39 is 47.7 Å². The Balaban J connectivity index is 0.000000221. The second-order valence-electron chi connectivity index (χ2n) is 21.0. The molecule has 0 amide bonds. The van der Waals surface area contributed by atoms with Gasteiger partial charge in [0, 0.05) is 88.3 Å². The van der Waals surface area contributed by atoms with Crippen molar-refractivity contribution in [1.82, 2.24) is 9.80 Å². The van der Waals surface area contributed by atoms with Crippen LogP contribution in [0.25, 0.3) is 0 Å². The number of hydrogen-bond acceptors (Lipinski definition) is 12. The summed E-state index contributed by atoms with van der Waals surface area (Å²) < 4.78 is 131. The van der Waals surface area contributed by atoms with Gasteiger partial charge in [-0.3, -0.25) is 9.80 Å². The summed E-state index contributed by atoms with van der Waals surface area (Å²) in [4.78, 5) is 31.7. The molecule has 0 unspecified atom stereocenters. The monoisotopic (exact) mass is 1070 g/mol. The summed E-state index contributed by atoms with van der Waals surface area (Å²) >= 11 is 0. The minimum atomic E-state index is -5.02. The second kappa shape index (κ2) is 24.0. The summed E-state index contributed by atoms with van der Waals surface area (Å²) in [6.07, 6.45) is -7.65. The zero-order valence-corrected chi connectivity index (χ0v) is 45.0. The Hall–Kier alpha value is -5.56. The summed E-state index contributed by atoms with van der Waals surface area (Å²) in [7, 11) is 8.10. The lowest BCUT2D eigenvalue weighted by Gasteiger charge is -2.47. The van der Waals surface area contributed by atoms with Gasteiger partial charge in [0.15, 0.2) is 23.0 Å². The molecular formula is C58H72F6N2O10. The Morgan fingerprint density at radius 1 is 0.526 bits per heavy atom. The van der Waals surface area contributed by atoms with Crippen LogP contribution in [0.3, 0.4) is 0 Å². The van der Waals surface area contributed by atoms with E-state index in [2.05, 4.69) is 37.5 Å². The third-order valence-corrected chi connectivity index (χ3v) is 15.5. The minimum Gasteiger partial charge on any atom is -0.493 e. The first-order chi connectivity index (χ1) is 36.1. The maximum Gasteiger partial charge on any atom is 0.432 e. The van der Waals surface area contributed by atoms with Crippen LogP contribution >= 0.6 is 0 Å². The van der Waals surface area contributed by atoms with E-state index in [1.807, 2.05) is 24.3 Å². The third kappa shape index (κ3) is 11.5. The maximum atomic E-state index is 14.5. The van der Waals surface area contributed by atoms with Crippen molar-refractivity contribution in [2.24, 2.45) is 23.7 Å². The number of esters is 2. The molecule has 12 nitrogen and oxygen atoms in total. The average Bonchev–Trinajstić information content (AvgIpc) is 3.39. The number of piperidine rings is 2. The van der Waals surface area contributed by atoms with Gasteiger partial charge in [0.1, 0.15) is 12.2 Å². The first-order valence-corrected chi connectivity index (χ1v) is 25.9. The van der Waals surface area contributed by atoms with Crippen LogP contribution in [0.1, 0.15) is 98.8 Å². The standard InChI is InChI=1S/2C29H36F3NO5/c2*1-18(2)13-20-17-33-12-11-19-14-25(35-3)26(36-4)15-22(19)23(33)16-24(20)38-27(34)28(37-5,29(30,31)32)21-9-7-6-8-10-21/h2*6-10,14-15,18,20,23-24H,11-13,16-17H2,1-5H3/t20-,23+,24+,28+;20-,23+,24+,28-/m10/s1. The zero-order chi connectivity index (χ0) is 55.3. The van der Waals surface area contributed by atoms with E-state index in [0.29, 0.717) is 48.9 Å². The molecule has 0 aromatic heterocycles. The molecule has 4 aliphatic heterocycles. The number of ether oxygens (including phenoxy) is 8. The smallest absolute Gasteiger partial charge is 0.432 e. The summed E-state index contributed by atoms with van der Waals surface area (Å²) in [6, 6.07) is 21.5. The van der Waals surface area contributed by atoms with Crippen LogP contribution in [-0.4, -0.2) is 115 Å². The Kier molecular flexibility index (Phi) is 18.3. The Morgan fingerprint density at radius 3 is 1.14 bits per heavy atom. The molecule has 4 heterocycles. The fourth-order valence-electron chi connectivity index (χ4n) is 12.0. The molecule has 0 bridgehead atoms. The van der Waals surface area contributed by atoms with E-state index >= 15 is 0 Å². The zero-order valence-electron chi connectivity index (χ0n) is 45.0. The van der Waals surface area contributed by atoms with Gasteiger partial charge in [-0.15, -0.1) is 0 Å². The summed E-state index contributed by atoms with van der Waals surface area (Å²) in [5.74, 6) is -0.0974. The van der Waals surface area contributed by atoms with E-state index in [4.69, 9.17) is 37.9 Å². The second-order valence-corrected chi connectivity index (χ2v) is 21.0. The summed E-state index contributed by atoms with van der Waals surface area (Å²) in [5.41, 5.74) is -2.80. The van der Waals surface area contributed by atoms with Crippen molar-refractivity contribution in [2.75, 3.05) is 68.8 Å². The molecule has 2 fully saturated rings. The van der Waals surface area contributed by atoms with Crippen molar-refractivity contribution in [3.05, 3.63) is 118 Å². The van der Waals surface area contributed by atoms with E-state index in [-0.39, 0.29) is 46.9 Å². The van der Waals surface area contributed by atoms with Gasteiger partial charge >= 0.3 is 24.3 Å². The first-order valence-electron chi connectivity index (χ1n) is 25.9. The first kappa shape index (κ1) is 58.1. The molecule has 8 atom stereocenters. The highest BCUT2D eigenvalue weighted by Gasteiger charge is 2.66. The van der Waals surface area contributed by atoms with Crippen LogP contribution in [-0.2, 0) is 52.6 Å². The van der Waals surface area contributed by atoms with Crippen LogP contribution in [0.2, 0.25) is 0 Å². The van der Waals surface area contributed by atoms with Crippen molar-refractivity contribution in [2.45, 2.75) is 114 Å². The van der Waals surface area contributed by atoms with Crippen molar-refractivity contribution < 1.29 is 73.8 Å². The fourth-order valence-corrected chi connectivity index (χ4v) is 12.0. The van der Waals surface area contributed by atoms with Crippen LogP contribution in [0.15, 0.2) is 84.9 Å². The van der Waals surface area contributed by atoms with E-state index in [1.165, 1.54) is 48.5 Å². The molecule has 76 heavy (non-hydrogen) atoms. The van der Waals surface area contributed by atoms with Gasteiger partial charge in [-0.25, -0.2) is 9.59 Å². The lowest BCUT2D eigenvalue weighted by molar-refractivity contribution is -0.280. The molecule has 0 saturated carbocycles. The van der Waals surface area contributed by atoms with E-state index in [1.54, 1.807) is 40.6 Å². The quantitative estimate of drug-likeness (QED) is 0.0786. The van der Waals surface area contributed by atoms with Crippen LogP contribution in [0.4, 0.5) is 26.3 Å². The average molecular weight is 1070 g/mol. The number of halogens is 6. The van der Waals surface area contributed by atoms with Gasteiger partial charge in [0.05, 0.1) is 28.4 Å². The molecule has 4 aliphatic rings. The van der Waals surface area contributed by atoms with Gasteiger partial charge in [0.25, 0.3) is 11.2 Å². The minimum absolute atomic E-state index is 0.115. The maximum absolute atomic E-state index is 14.5. The van der Waals surface area contributed by atoms with Gasteiger partial charge in [-0.1, -0.05) is 88.4 Å². The number of benzene rings is 4. The number of nitrogens with zero attached hydrogens (tertiary/aromatic N) is 2. The van der Waals surface area contributed by atoms with Crippen LogP contribution in [0.5, 0.6) is 23.0 Å². The number of rotatable bonds is 16. The molecule has 0 N–H and O–H groups in total. The van der Waals surface area contributed by atoms with Gasteiger partial charge < -0.3 is 37.9 Å². The van der Waals surface area contributed by atoms with Crippen molar-refractivity contribution >= 4 is 11.9 Å². The predicted octanol–water partition coefficient (Wildman–Crippen LogP) is 11.4. The highest BCUT2D eigenvalue weighted by molar-refractivity contribution is 5.83. The number of alkyl halides is 6. The SMILES string of the molecule is COc1cc2c(cc1OC)[C@@H]1C[C@H](OC(=O)[C@@](OC)(c3ccccc3)C(F)(F)F)[C@H](CC(C)C)CN1CC2.COc1cc2c(cc1OC)[C@H]1C[C@@H](OC(=O)[C@@](OC)(c3ccccc3)C(F)(F)F)[C@@H](CC(C)C)CN1CC2. The largest absolute Gasteiger partial charge is 0.493 e. The Labute approximate surface area is 442 Å². The number of fused-ring (bicyclic) bond motifs is 6. The topological polar surface area (TPSA) is 114 Å². The Morgan fingerprint density at radius 2 is 0.855 bits per heavy atom. The highest BCUT2D eigenvalue weighted by Crippen LogP contribution is 2.50. The lowest BCUT2D eigenvalue weighted by Crippen LogP contribution is -2.55. The number of hydrogen-bond donors (Lipinski definition) is 0. The number of carbonyl (C=O) groups excluding carboxylic acids is 2. The fraction of sp³-hybridized carbons (Fsp3) is 0.552. The van der Waals surface area contributed by atoms with E-state index in [9.17, 15) is 35.9 Å². The molecule has 0 aliphatic carbocycles. The van der Waals surface area contributed by atoms with Crippen molar-refractivity contribution in [1.29, 1.82) is 0 Å². The normalized spacial score (nSPS) is 23.2. The lowest BCUT2D eigenvalue weighted by atomic mass is 9.79. The van der Waals surface area contributed by atoms with Crippen LogP contribution < -0.4 is 18.9 Å². The molecule has 416 valence electrons. The molecule has 4 aromatic carbocycles. The molecule has 0 spiro atoms. The number of carbonyl (C=O) groups is 2. The van der Waals surface area contributed by atoms with Gasteiger partial charge in [0.2, 0.25) is 0 Å². The predicted molar refractivity (Wildman–Crippen MR) is 272 cm³/mol. The summed E-state index contributed by atoms with van der Waals surface area (Å²) in [6.45, 7) is 11.1. The van der Waals surface area contributed by atoms with Crippen molar-refractivity contribution in [3.8, 4) is 23.0 Å². The Bertz CT molecular complexity index is 2420. The molecule has 8 rings (SSSR count).